The zero-order valence-electron chi connectivity index (χ0n) is 14.7. The lowest BCUT2D eigenvalue weighted by Crippen LogP contribution is -2.32. The number of halogens is 1. The number of pyridine rings is 1. The lowest BCUT2D eigenvalue weighted by Gasteiger charge is -2.28. The molecule has 1 N–H and O–H groups in total. The molecule has 5 nitrogen and oxygen atoms in total. The van der Waals surface area contributed by atoms with Crippen LogP contribution in [0.3, 0.4) is 0 Å². The minimum absolute atomic E-state index is 0.116. The smallest absolute Gasteiger partial charge is 0.294 e. The number of aryl methyl sites for hydroxylation is 1. The second-order valence-corrected chi connectivity index (χ2v) is 7.01. The van der Waals surface area contributed by atoms with E-state index in [-0.39, 0.29) is 17.3 Å². The Balaban J connectivity index is 2.21. The molecule has 1 atom stereocenters. The van der Waals surface area contributed by atoms with Gasteiger partial charge in [-0.25, -0.2) is 0 Å². The summed E-state index contributed by atoms with van der Waals surface area (Å²) in [5.74, 6) is -1.71. The van der Waals surface area contributed by atoms with Crippen molar-refractivity contribution >= 4 is 29.0 Å². The van der Waals surface area contributed by atoms with Crippen molar-refractivity contribution in [2.45, 2.75) is 26.8 Å². The van der Waals surface area contributed by atoms with E-state index in [9.17, 15) is 14.7 Å². The largest absolute Gasteiger partial charge is 0.503 e. The summed E-state index contributed by atoms with van der Waals surface area (Å²) in [6.45, 7) is 5.32. The van der Waals surface area contributed by atoms with E-state index in [1.165, 1.54) is 4.90 Å². The number of hydrogen-bond donors (Lipinski definition) is 1. The van der Waals surface area contributed by atoms with Crippen LogP contribution >= 0.6 is 11.6 Å². The molecule has 1 aromatic heterocycles. The van der Waals surface area contributed by atoms with Gasteiger partial charge in [-0.3, -0.25) is 19.5 Å². The topological polar surface area (TPSA) is 70.5 Å². The van der Waals surface area contributed by atoms with Crippen molar-refractivity contribution < 1.29 is 14.7 Å². The van der Waals surface area contributed by atoms with Crippen molar-refractivity contribution in [3.05, 3.63) is 70.2 Å². The Kier molecular flexibility index (Phi) is 4.83. The number of hydrogen-bond acceptors (Lipinski definition) is 4. The van der Waals surface area contributed by atoms with Crippen molar-refractivity contribution in [2.75, 3.05) is 4.90 Å². The first-order chi connectivity index (χ1) is 12.3. The summed E-state index contributed by atoms with van der Waals surface area (Å²) in [7, 11) is 0. The van der Waals surface area contributed by atoms with Gasteiger partial charge in [0.25, 0.3) is 5.91 Å². The second-order valence-electron chi connectivity index (χ2n) is 6.57. The number of anilines is 1. The highest BCUT2D eigenvalue weighted by atomic mass is 35.5. The van der Waals surface area contributed by atoms with Gasteiger partial charge in [0.05, 0.1) is 11.6 Å². The summed E-state index contributed by atoms with van der Waals surface area (Å²) in [4.78, 5) is 31.1. The third kappa shape index (κ3) is 2.99. The number of rotatable bonds is 4. The highest BCUT2D eigenvalue weighted by molar-refractivity contribution is 6.30. The Labute approximate surface area is 156 Å². The van der Waals surface area contributed by atoms with Crippen LogP contribution in [0.4, 0.5) is 5.69 Å². The van der Waals surface area contributed by atoms with Crippen molar-refractivity contribution in [3.63, 3.8) is 0 Å². The Morgan fingerprint density at radius 1 is 1.23 bits per heavy atom. The van der Waals surface area contributed by atoms with Gasteiger partial charge in [0, 0.05) is 29.0 Å². The molecule has 3 rings (SSSR count). The van der Waals surface area contributed by atoms with E-state index < -0.39 is 17.7 Å². The Hall–Kier alpha value is -2.66. The molecule has 0 aliphatic carbocycles. The fourth-order valence-corrected chi connectivity index (χ4v) is 3.39. The molecular weight excluding hydrogens is 352 g/mol. The molecule has 1 unspecified atom stereocenters. The van der Waals surface area contributed by atoms with Gasteiger partial charge >= 0.3 is 0 Å². The van der Waals surface area contributed by atoms with Crippen LogP contribution in [0.1, 0.15) is 31.0 Å². The van der Waals surface area contributed by atoms with Crippen LogP contribution in [0.15, 0.2) is 54.1 Å². The first-order valence-electron chi connectivity index (χ1n) is 8.30. The van der Waals surface area contributed by atoms with Crippen LogP contribution in [-0.2, 0) is 9.59 Å². The third-order valence-electron chi connectivity index (χ3n) is 4.44. The average molecular weight is 371 g/mol. The standard InChI is InChI=1S/C20H19ClN2O3/c1-11(2)18(24)16-17(13-6-8-22-9-7-13)23(20(26)19(16)25)15-5-4-14(21)10-12(15)3/h4-11,17,25H,1-3H3. The van der Waals surface area contributed by atoms with Crippen LogP contribution in [0.25, 0.3) is 0 Å². The monoisotopic (exact) mass is 370 g/mol. The van der Waals surface area contributed by atoms with E-state index in [2.05, 4.69) is 4.98 Å². The van der Waals surface area contributed by atoms with Crippen molar-refractivity contribution in [2.24, 2.45) is 5.92 Å². The van der Waals surface area contributed by atoms with Gasteiger partial charge in [0.15, 0.2) is 11.5 Å². The maximum atomic E-state index is 12.9. The molecule has 0 saturated heterocycles. The fourth-order valence-electron chi connectivity index (χ4n) is 3.17. The molecule has 0 fully saturated rings. The molecule has 0 bridgehead atoms. The number of aliphatic hydroxyl groups excluding tert-OH is 1. The Bertz CT molecular complexity index is 907. The van der Waals surface area contributed by atoms with Gasteiger partial charge in [-0.1, -0.05) is 25.4 Å². The van der Waals surface area contributed by atoms with Gasteiger partial charge in [-0.05, 0) is 48.4 Å². The predicted octanol–water partition coefficient (Wildman–Crippen LogP) is 4.17. The lowest BCUT2D eigenvalue weighted by atomic mass is 9.91. The van der Waals surface area contributed by atoms with Crippen LogP contribution in [0.5, 0.6) is 0 Å². The van der Waals surface area contributed by atoms with Gasteiger partial charge in [0.2, 0.25) is 0 Å². The number of nitrogens with zero attached hydrogens (tertiary/aromatic N) is 2. The third-order valence-corrected chi connectivity index (χ3v) is 4.67. The average Bonchev–Trinajstić information content (AvgIpc) is 2.87. The van der Waals surface area contributed by atoms with Gasteiger partial charge in [-0.2, -0.15) is 0 Å². The number of aliphatic hydroxyl groups is 1. The number of ketones is 1. The molecule has 0 spiro atoms. The van der Waals surface area contributed by atoms with Gasteiger partial charge in [0.1, 0.15) is 0 Å². The number of carbonyl (C=O) groups excluding carboxylic acids is 2. The van der Waals surface area contributed by atoms with Gasteiger partial charge < -0.3 is 5.11 Å². The predicted molar refractivity (Wildman–Crippen MR) is 100 cm³/mol. The van der Waals surface area contributed by atoms with E-state index in [1.807, 2.05) is 6.92 Å². The number of carbonyl (C=O) groups is 2. The summed E-state index contributed by atoms with van der Waals surface area (Å²) < 4.78 is 0. The molecule has 0 radical (unpaired) electrons. The van der Waals surface area contributed by atoms with Crippen molar-refractivity contribution in [1.29, 1.82) is 0 Å². The van der Waals surface area contributed by atoms with Crippen LogP contribution in [-0.4, -0.2) is 21.8 Å². The first kappa shape index (κ1) is 18.1. The summed E-state index contributed by atoms with van der Waals surface area (Å²) >= 11 is 6.04. The van der Waals surface area contributed by atoms with Crippen molar-refractivity contribution in [3.8, 4) is 0 Å². The quantitative estimate of drug-likeness (QED) is 0.876. The molecule has 2 heterocycles. The molecule has 26 heavy (non-hydrogen) atoms. The number of benzene rings is 1. The number of amides is 1. The zero-order valence-corrected chi connectivity index (χ0v) is 15.5. The summed E-state index contributed by atoms with van der Waals surface area (Å²) in [6.07, 6.45) is 3.19. The molecule has 134 valence electrons. The van der Waals surface area contributed by atoms with Crippen LogP contribution in [0.2, 0.25) is 5.02 Å². The van der Waals surface area contributed by atoms with E-state index >= 15 is 0 Å². The number of aromatic nitrogens is 1. The Morgan fingerprint density at radius 3 is 2.46 bits per heavy atom. The van der Waals surface area contributed by atoms with E-state index in [0.717, 1.165) is 5.56 Å². The highest BCUT2D eigenvalue weighted by Gasteiger charge is 2.45. The van der Waals surface area contributed by atoms with Gasteiger partial charge in [-0.15, -0.1) is 0 Å². The molecule has 2 aromatic rings. The Morgan fingerprint density at radius 2 is 1.88 bits per heavy atom. The minimum atomic E-state index is -0.708. The fraction of sp³-hybridized carbons (Fsp3) is 0.250. The van der Waals surface area contributed by atoms with Crippen LogP contribution in [0, 0.1) is 12.8 Å². The summed E-state index contributed by atoms with van der Waals surface area (Å²) in [5, 5.41) is 11.1. The van der Waals surface area contributed by atoms with Crippen molar-refractivity contribution in [1.82, 2.24) is 4.98 Å². The zero-order chi connectivity index (χ0) is 19.0. The summed E-state index contributed by atoms with van der Waals surface area (Å²) in [6, 6.07) is 7.91. The highest BCUT2D eigenvalue weighted by Crippen LogP contribution is 2.42. The van der Waals surface area contributed by atoms with E-state index in [4.69, 9.17) is 11.6 Å². The normalized spacial score (nSPS) is 17.3. The second kappa shape index (κ2) is 6.92. The molecule has 1 aromatic carbocycles. The molecule has 1 aliphatic heterocycles. The molecular formula is C20H19ClN2O3. The minimum Gasteiger partial charge on any atom is -0.503 e. The lowest BCUT2D eigenvalue weighted by molar-refractivity contribution is -0.119. The van der Waals surface area contributed by atoms with E-state index in [1.54, 1.807) is 56.6 Å². The first-order valence-corrected chi connectivity index (χ1v) is 8.67. The molecule has 1 aliphatic rings. The van der Waals surface area contributed by atoms with Crippen LogP contribution < -0.4 is 4.90 Å². The molecule has 0 saturated carbocycles. The maximum Gasteiger partial charge on any atom is 0.294 e. The molecule has 1 amide bonds. The maximum absolute atomic E-state index is 12.9. The SMILES string of the molecule is Cc1cc(Cl)ccc1N1C(=O)C(O)=C(C(=O)C(C)C)C1c1ccncc1. The number of Topliss-reactive ketones (excluding diaryl/α,β-unsaturated/α-hetero) is 1. The summed E-state index contributed by atoms with van der Waals surface area (Å²) in [5.41, 5.74) is 2.19. The molecule has 6 heteroatoms. The van der Waals surface area contributed by atoms with E-state index in [0.29, 0.717) is 16.3 Å².